The van der Waals surface area contributed by atoms with Crippen molar-refractivity contribution in [3.8, 4) is 0 Å². The molecule has 0 saturated heterocycles. The SMILES string of the molecule is CCc1ccc([C@H]2CC(=O)Nc3cc4[nH]ncc4cc32)o1. The number of amides is 1. The summed E-state index contributed by atoms with van der Waals surface area (Å²) in [7, 11) is 0. The van der Waals surface area contributed by atoms with E-state index in [-0.39, 0.29) is 11.8 Å². The van der Waals surface area contributed by atoms with Crippen LogP contribution in [0, 0.1) is 0 Å². The molecule has 2 N–H and O–H groups in total. The monoisotopic (exact) mass is 281 g/mol. The van der Waals surface area contributed by atoms with Crippen LogP contribution in [-0.2, 0) is 11.2 Å². The Bertz CT molecular complexity index is 831. The number of aromatic amines is 1. The zero-order chi connectivity index (χ0) is 14.4. The summed E-state index contributed by atoms with van der Waals surface area (Å²) in [6.07, 6.45) is 3.06. The van der Waals surface area contributed by atoms with Gasteiger partial charge >= 0.3 is 0 Å². The first kappa shape index (κ1) is 12.2. The molecule has 3 heterocycles. The van der Waals surface area contributed by atoms with Crippen LogP contribution in [0.3, 0.4) is 0 Å². The molecule has 106 valence electrons. The molecule has 0 unspecified atom stereocenters. The summed E-state index contributed by atoms with van der Waals surface area (Å²) in [6, 6.07) is 7.97. The molecule has 3 aromatic rings. The maximum absolute atomic E-state index is 12.0. The number of hydrogen-bond donors (Lipinski definition) is 2. The lowest BCUT2D eigenvalue weighted by molar-refractivity contribution is -0.116. The number of carbonyl (C=O) groups is 1. The molecule has 2 aromatic heterocycles. The van der Waals surface area contributed by atoms with Crippen LogP contribution >= 0.6 is 0 Å². The summed E-state index contributed by atoms with van der Waals surface area (Å²) in [5.74, 6) is 1.78. The highest BCUT2D eigenvalue weighted by atomic mass is 16.3. The first-order valence-corrected chi connectivity index (χ1v) is 7.10. The maximum atomic E-state index is 12.0. The minimum absolute atomic E-state index is 0.0146. The summed E-state index contributed by atoms with van der Waals surface area (Å²) < 4.78 is 5.87. The van der Waals surface area contributed by atoms with Crippen LogP contribution in [0.1, 0.15) is 36.3 Å². The van der Waals surface area contributed by atoms with E-state index < -0.39 is 0 Å². The van der Waals surface area contributed by atoms with Gasteiger partial charge in [-0.05, 0) is 29.8 Å². The molecule has 1 atom stereocenters. The molecule has 1 aliphatic rings. The van der Waals surface area contributed by atoms with Gasteiger partial charge in [-0.15, -0.1) is 0 Å². The lowest BCUT2D eigenvalue weighted by Gasteiger charge is -2.24. The second-order valence-electron chi connectivity index (χ2n) is 5.36. The van der Waals surface area contributed by atoms with Crippen molar-refractivity contribution in [3.63, 3.8) is 0 Å². The van der Waals surface area contributed by atoms with Crippen molar-refractivity contribution in [2.75, 3.05) is 5.32 Å². The van der Waals surface area contributed by atoms with Crippen LogP contribution in [0.4, 0.5) is 5.69 Å². The van der Waals surface area contributed by atoms with Gasteiger partial charge in [-0.1, -0.05) is 6.92 Å². The molecule has 0 spiro atoms. The normalized spacial score (nSPS) is 17.8. The lowest BCUT2D eigenvalue weighted by atomic mass is 9.88. The van der Waals surface area contributed by atoms with E-state index in [1.807, 2.05) is 18.2 Å². The molecule has 0 radical (unpaired) electrons. The van der Waals surface area contributed by atoms with Gasteiger partial charge in [-0.3, -0.25) is 9.89 Å². The van der Waals surface area contributed by atoms with Gasteiger partial charge in [0, 0.05) is 23.9 Å². The Labute approximate surface area is 121 Å². The summed E-state index contributed by atoms with van der Waals surface area (Å²) in [6.45, 7) is 2.05. The Morgan fingerprint density at radius 3 is 3.10 bits per heavy atom. The fraction of sp³-hybridized carbons (Fsp3) is 0.250. The van der Waals surface area contributed by atoms with Crippen molar-refractivity contribution in [1.82, 2.24) is 10.2 Å². The Kier molecular flexibility index (Phi) is 2.60. The quantitative estimate of drug-likeness (QED) is 0.757. The van der Waals surface area contributed by atoms with E-state index in [2.05, 4.69) is 28.5 Å². The van der Waals surface area contributed by atoms with Crippen LogP contribution < -0.4 is 5.32 Å². The Morgan fingerprint density at radius 1 is 1.38 bits per heavy atom. The predicted octanol–water partition coefficient (Wildman–Crippen LogP) is 3.19. The number of H-pyrrole nitrogens is 1. The predicted molar refractivity (Wildman–Crippen MR) is 79.3 cm³/mol. The van der Waals surface area contributed by atoms with E-state index >= 15 is 0 Å². The zero-order valence-corrected chi connectivity index (χ0v) is 11.6. The number of furan rings is 1. The summed E-state index contributed by atoms with van der Waals surface area (Å²) >= 11 is 0. The number of benzene rings is 1. The topological polar surface area (TPSA) is 70.9 Å². The van der Waals surface area contributed by atoms with Gasteiger partial charge in [-0.2, -0.15) is 5.10 Å². The molecule has 1 aromatic carbocycles. The number of fused-ring (bicyclic) bond motifs is 2. The second kappa shape index (κ2) is 4.48. The molecule has 4 rings (SSSR count). The first-order chi connectivity index (χ1) is 10.2. The molecule has 5 heteroatoms. The number of aryl methyl sites for hydroxylation is 1. The molecule has 0 saturated carbocycles. The van der Waals surface area contributed by atoms with Crippen LogP contribution in [0.15, 0.2) is 34.9 Å². The van der Waals surface area contributed by atoms with E-state index in [9.17, 15) is 4.79 Å². The fourth-order valence-electron chi connectivity index (χ4n) is 2.93. The maximum Gasteiger partial charge on any atom is 0.225 e. The Hall–Kier alpha value is -2.56. The number of anilines is 1. The third kappa shape index (κ3) is 1.93. The van der Waals surface area contributed by atoms with Gasteiger partial charge in [0.15, 0.2) is 0 Å². The molecular formula is C16H15N3O2. The fourth-order valence-corrected chi connectivity index (χ4v) is 2.93. The largest absolute Gasteiger partial charge is 0.465 e. The average Bonchev–Trinajstić information content (AvgIpc) is 3.12. The number of hydrogen-bond acceptors (Lipinski definition) is 3. The molecule has 1 aliphatic heterocycles. The third-order valence-electron chi connectivity index (χ3n) is 4.02. The number of nitrogens with one attached hydrogen (secondary N) is 2. The van der Waals surface area contributed by atoms with Crippen LogP contribution in [-0.4, -0.2) is 16.1 Å². The smallest absolute Gasteiger partial charge is 0.225 e. The van der Waals surface area contributed by atoms with Crippen LogP contribution in [0.5, 0.6) is 0 Å². The van der Waals surface area contributed by atoms with Crippen molar-refractivity contribution in [2.24, 2.45) is 0 Å². The van der Waals surface area contributed by atoms with Crippen LogP contribution in [0.2, 0.25) is 0 Å². The molecular weight excluding hydrogens is 266 g/mol. The number of rotatable bonds is 2. The molecule has 1 amide bonds. The van der Waals surface area contributed by atoms with Gasteiger partial charge in [-0.25, -0.2) is 0 Å². The van der Waals surface area contributed by atoms with Crippen molar-refractivity contribution < 1.29 is 9.21 Å². The highest BCUT2D eigenvalue weighted by molar-refractivity contribution is 5.98. The zero-order valence-electron chi connectivity index (χ0n) is 11.6. The third-order valence-corrected chi connectivity index (χ3v) is 4.02. The van der Waals surface area contributed by atoms with E-state index in [1.54, 1.807) is 6.20 Å². The van der Waals surface area contributed by atoms with Gasteiger partial charge < -0.3 is 9.73 Å². The summed E-state index contributed by atoms with van der Waals surface area (Å²) in [5, 5.41) is 10.9. The minimum atomic E-state index is -0.0339. The Balaban J connectivity index is 1.87. The highest BCUT2D eigenvalue weighted by Gasteiger charge is 2.29. The highest BCUT2D eigenvalue weighted by Crippen LogP contribution is 2.39. The molecule has 0 bridgehead atoms. The first-order valence-electron chi connectivity index (χ1n) is 7.10. The average molecular weight is 281 g/mol. The van der Waals surface area contributed by atoms with E-state index in [1.165, 1.54) is 0 Å². The molecule has 5 nitrogen and oxygen atoms in total. The molecule has 0 fully saturated rings. The van der Waals surface area contributed by atoms with E-state index in [0.29, 0.717) is 6.42 Å². The van der Waals surface area contributed by atoms with Crippen molar-refractivity contribution in [3.05, 3.63) is 47.5 Å². The number of nitrogens with zero attached hydrogens (tertiary/aromatic N) is 1. The standard InChI is InChI=1S/C16H15N3O2/c1-2-10-3-4-15(21-10)12-6-16(20)18-14-7-13-9(5-11(12)14)8-17-19-13/h3-5,7-8,12H,2,6H2,1H3,(H,17,19)(H,18,20)/t12-/m0/s1. The number of aromatic nitrogens is 2. The minimum Gasteiger partial charge on any atom is -0.465 e. The van der Waals surface area contributed by atoms with Crippen molar-refractivity contribution in [2.45, 2.75) is 25.7 Å². The van der Waals surface area contributed by atoms with Gasteiger partial charge in [0.2, 0.25) is 5.91 Å². The number of carbonyl (C=O) groups excluding carboxylic acids is 1. The van der Waals surface area contributed by atoms with Crippen molar-refractivity contribution in [1.29, 1.82) is 0 Å². The second-order valence-corrected chi connectivity index (χ2v) is 5.36. The van der Waals surface area contributed by atoms with Gasteiger partial charge in [0.05, 0.1) is 17.6 Å². The Morgan fingerprint density at radius 2 is 2.29 bits per heavy atom. The van der Waals surface area contributed by atoms with Crippen molar-refractivity contribution >= 4 is 22.5 Å². The van der Waals surface area contributed by atoms with E-state index in [0.717, 1.165) is 40.1 Å². The lowest BCUT2D eigenvalue weighted by Crippen LogP contribution is -2.23. The van der Waals surface area contributed by atoms with Gasteiger partial charge in [0.25, 0.3) is 0 Å². The molecule has 21 heavy (non-hydrogen) atoms. The summed E-state index contributed by atoms with van der Waals surface area (Å²) in [4.78, 5) is 12.0. The van der Waals surface area contributed by atoms with Crippen LogP contribution in [0.25, 0.3) is 10.9 Å². The summed E-state index contributed by atoms with van der Waals surface area (Å²) in [5.41, 5.74) is 2.84. The molecule has 0 aliphatic carbocycles. The van der Waals surface area contributed by atoms with Gasteiger partial charge in [0.1, 0.15) is 11.5 Å². The van der Waals surface area contributed by atoms with E-state index in [4.69, 9.17) is 4.42 Å².